The minimum atomic E-state index is -4.30. The average Bonchev–Trinajstić information content (AvgIpc) is 2.34. The molecular formula is C13H18F3N3O. The lowest BCUT2D eigenvalue weighted by atomic mass is 10.2. The lowest BCUT2D eigenvalue weighted by Gasteiger charge is -2.15. The smallest absolute Gasteiger partial charge is 0.384 e. The average molecular weight is 289 g/mol. The monoisotopic (exact) mass is 289 g/mol. The molecule has 0 aliphatic heterocycles. The van der Waals surface area contributed by atoms with E-state index in [1.807, 2.05) is 6.92 Å². The van der Waals surface area contributed by atoms with E-state index in [1.165, 1.54) is 19.2 Å². The van der Waals surface area contributed by atoms with Crippen molar-refractivity contribution in [2.24, 2.45) is 0 Å². The summed E-state index contributed by atoms with van der Waals surface area (Å²) in [5.41, 5.74) is 0.868. The first-order chi connectivity index (χ1) is 9.31. The third-order valence-corrected chi connectivity index (χ3v) is 2.49. The molecule has 1 atom stereocenters. The van der Waals surface area contributed by atoms with Crippen molar-refractivity contribution < 1.29 is 18.0 Å². The first-order valence-corrected chi connectivity index (χ1v) is 6.39. The van der Waals surface area contributed by atoms with E-state index in [-0.39, 0.29) is 5.69 Å². The molecule has 0 saturated carbocycles. The number of halogens is 3. The van der Waals surface area contributed by atoms with Crippen LogP contribution in [0, 0.1) is 0 Å². The maximum absolute atomic E-state index is 12.2. The molecule has 0 saturated heterocycles. The number of aromatic nitrogens is 1. The molecule has 0 aliphatic carbocycles. The SMILES string of the molecule is CCCNc1ccc(C(=O)NC(C)CC(F)(F)F)nc1. The number of nitrogens with zero attached hydrogens (tertiary/aromatic N) is 1. The molecule has 2 N–H and O–H groups in total. The lowest BCUT2D eigenvalue weighted by molar-refractivity contribution is -0.138. The largest absolute Gasteiger partial charge is 0.391 e. The fourth-order valence-corrected chi connectivity index (χ4v) is 1.60. The number of hydrogen-bond donors (Lipinski definition) is 2. The van der Waals surface area contributed by atoms with Gasteiger partial charge in [0.05, 0.1) is 18.3 Å². The van der Waals surface area contributed by atoms with Gasteiger partial charge in [0.25, 0.3) is 5.91 Å². The predicted molar refractivity (Wildman–Crippen MR) is 70.6 cm³/mol. The topological polar surface area (TPSA) is 54.0 Å². The van der Waals surface area contributed by atoms with E-state index in [4.69, 9.17) is 0 Å². The zero-order valence-electron chi connectivity index (χ0n) is 11.4. The summed E-state index contributed by atoms with van der Waals surface area (Å²) in [6.45, 7) is 4.11. The van der Waals surface area contributed by atoms with Crippen LogP contribution in [0.25, 0.3) is 0 Å². The van der Waals surface area contributed by atoms with Crippen molar-refractivity contribution >= 4 is 11.6 Å². The second-order valence-electron chi connectivity index (χ2n) is 4.55. The quantitative estimate of drug-likeness (QED) is 0.846. The lowest BCUT2D eigenvalue weighted by Crippen LogP contribution is -2.36. The second-order valence-corrected chi connectivity index (χ2v) is 4.55. The van der Waals surface area contributed by atoms with Crippen LogP contribution >= 0.6 is 0 Å². The van der Waals surface area contributed by atoms with Crippen LogP contribution in [-0.4, -0.2) is 29.7 Å². The Morgan fingerprint density at radius 3 is 2.60 bits per heavy atom. The van der Waals surface area contributed by atoms with Crippen LogP contribution in [0.4, 0.5) is 18.9 Å². The minimum absolute atomic E-state index is 0.0982. The van der Waals surface area contributed by atoms with Gasteiger partial charge in [-0.05, 0) is 25.5 Å². The molecule has 0 radical (unpaired) electrons. The second kappa shape index (κ2) is 7.12. The van der Waals surface area contributed by atoms with Crippen LogP contribution in [0.5, 0.6) is 0 Å². The zero-order valence-corrected chi connectivity index (χ0v) is 11.4. The molecule has 1 aromatic rings. The van der Waals surface area contributed by atoms with E-state index in [0.717, 1.165) is 18.7 Å². The zero-order chi connectivity index (χ0) is 15.2. The molecule has 1 amide bonds. The molecule has 0 aromatic carbocycles. The molecule has 0 aliphatic rings. The summed E-state index contributed by atoms with van der Waals surface area (Å²) >= 11 is 0. The van der Waals surface area contributed by atoms with Crippen molar-refractivity contribution in [1.82, 2.24) is 10.3 Å². The van der Waals surface area contributed by atoms with Crippen LogP contribution in [0.15, 0.2) is 18.3 Å². The Kier molecular flexibility index (Phi) is 5.79. The fraction of sp³-hybridized carbons (Fsp3) is 0.538. The van der Waals surface area contributed by atoms with E-state index in [2.05, 4.69) is 15.6 Å². The first kappa shape index (κ1) is 16.3. The highest BCUT2D eigenvalue weighted by Crippen LogP contribution is 2.21. The van der Waals surface area contributed by atoms with Gasteiger partial charge in [0.15, 0.2) is 0 Å². The standard InChI is InChI=1S/C13H18F3N3O/c1-3-6-17-10-4-5-11(18-8-10)12(20)19-9(2)7-13(14,15)16/h4-5,8-9,17H,3,6-7H2,1-2H3,(H,19,20). The van der Waals surface area contributed by atoms with Gasteiger partial charge >= 0.3 is 6.18 Å². The number of carbonyl (C=O) groups excluding carboxylic acids is 1. The van der Waals surface area contributed by atoms with Crippen molar-refractivity contribution in [2.75, 3.05) is 11.9 Å². The summed E-state index contributed by atoms with van der Waals surface area (Å²) in [7, 11) is 0. The number of carbonyl (C=O) groups is 1. The highest BCUT2D eigenvalue weighted by molar-refractivity contribution is 5.92. The van der Waals surface area contributed by atoms with Crippen LogP contribution < -0.4 is 10.6 Å². The molecule has 0 bridgehead atoms. The van der Waals surface area contributed by atoms with E-state index in [1.54, 1.807) is 6.07 Å². The number of hydrogen-bond acceptors (Lipinski definition) is 3. The molecule has 20 heavy (non-hydrogen) atoms. The first-order valence-electron chi connectivity index (χ1n) is 6.39. The molecule has 1 heterocycles. The maximum atomic E-state index is 12.2. The van der Waals surface area contributed by atoms with Crippen LogP contribution in [0.3, 0.4) is 0 Å². The Morgan fingerprint density at radius 1 is 1.40 bits per heavy atom. The molecule has 7 heteroatoms. The van der Waals surface area contributed by atoms with E-state index < -0.39 is 24.5 Å². The number of rotatable bonds is 6. The molecule has 4 nitrogen and oxygen atoms in total. The third kappa shape index (κ3) is 5.90. The molecular weight excluding hydrogens is 271 g/mol. The number of alkyl halides is 3. The molecule has 0 fully saturated rings. The van der Waals surface area contributed by atoms with Crippen molar-refractivity contribution in [2.45, 2.75) is 38.9 Å². The van der Waals surface area contributed by atoms with Gasteiger partial charge in [-0.3, -0.25) is 4.79 Å². The summed E-state index contributed by atoms with van der Waals surface area (Å²) in [4.78, 5) is 15.6. The van der Waals surface area contributed by atoms with Crippen molar-refractivity contribution in [3.8, 4) is 0 Å². The van der Waals surface area contributed by atoms with Gasteiger partial charge in [0, 0.05) is 12.6 Å². The van der Waals surface area contributed by atoms with Gasteiger partial charge in [-0.25, -0.2) is 4.98 Å². The van der Waals surface area contributed by atoms with Crippen LogP contribution in [0.2, 0.25) is 0 Å². The van der Waals surface area contributed by atoms with Crippen molar-refractivity contribution in [1.29, 1.82) is 0 Å². The van der Waals surface area contributed by atoms with Crippen LogP contribution in [-0.2, 0) is 0 Å². The highest BCUT2D eigenvalue weighted by atomic mass is 19.4. The third-order valence-electron chi connectivity index (χ3n) is 2.49. The van der Waals surface area contributed by atoms with Gasteiger partial charge in [0.1, 0.15) is 5.69 Å². The number of anilines is 1. The molecule has 1 aromatic heterocycles. The number of pyridine rings is 1. The summed E-state index contributed by atoms with van der Waals surface area (Å²) in [6, 6.07) is 2.17. The number of nitrogens with one attached hydrogen (secondary N) is 2. The Bertz CT molecular complexity index is 431. The molecule has 1 unspecified atom stereocenters. The molecule has 1 rings (SSSR count). The fourth-order valence-electron chi connectivity index (χ4n) is 1.60. The molecule has 0 spiro atoms. The van der Waals surface area contributed by atoms with Gasteiger partial charge in [0.2, 0.25) is 0 Å². The van der Waals surface area contributed by atoms with E-state index in [9.17, 15) is 18.0 Å². The summed E-state index contributed by atoms with van der Waals surface area (Å²) in [5, 5.41) is 5.36. The van der Waals surface area contributed by atoms with Gasteiger partial charge in [-0.1, -0.05) is 6.92 Å². The van der Waals surface area contributed by atoms with Crippen molar-refractivity contribution in [3.05, 3.63) is 24.0 Å². The Morgan fingerprint density at radius 2 is 2.10 bits per heavy atom. The Hall–Kier alpha value is -1.79. The van der Waals surface area contributed by atoms with Crippen molar-refractivity contribution in [3.63, 3.8) is 0 Å². The summed E-state index contributed by atoms with van der Waals surface area (Å²) in [6.07, 6.45) is -2.92. The summed E-state index contributed by atoms with van der Waals surface area (Å²) in [5.74, 6) is -0.608. The van der Waals surface area contributed by atoms with Gasteiger partial charge < -0.3 is 10.6 Å². The summed E-state index contributed by atoms with van der Waals surface area (Å²) < 4.78 is 36.5. The van der Waals surface area contributed by atoms with E-state index >= 15 is 0 Å². The maximum Gasteiger partial charge on any atom is 0.391 e. The molecule has 112 valence electrons. The van der Waals surface area contributed by atoms with Crippen LogP contribution in [0.1, 0.15) is 37.2 Å². The predicted octanol–water partition coefficient (Wildman–Crippen LogP) is 2.97. The Labute approximate surface area is 115 Å². The normalized spacial score (nSPS) is 12.8. The Balaban J connectivity index is 2.55. The van der Waals surface area contributed by atoms with Gasteiger partial charge in [-0.2, -0.15) is 13.2 Å². The minimum Gasteiger partial charge on any atom is -0.384 e. The highest BCUT2D eigenvalue weighted by Gasteiger charge is 2.30. The van der Waals surface area contributed by atoms with E-state index in [0.29, 0.717) is 0 Å². The van der Waals surface area contributed by atoms with Gasteiger partial charge in [-0.15, -0.1) is 0 Å². The number of amides is 1.